The summed E-state index contributed by atoms with van der Waals surface area (Å²) in [6.07, 6.45) is 2.82. The summed E-state index contributed by atoms with van der Waals surface area (Å²) in [6, 6.07) is 0. The van der Waals surface area contributed by atoms with Crippen molar-refractivity contribution in [1.82, 2.24) is 0 Å². The Morgan fingerprint density at radius 1 is 0.857 bits per heavy atom. The van der Waals surface area contributed by atoms with Gasteiger partial charge in [-0.25, -0.2) is 0 Å². The van der Waals surface area contributed by atoms with Crippen molar-refractivity contribution in [3.8, 4) is 0 Å². The van der Waals surface area contributed by atoms with E-state index in [0.717, 1.165) is 22.3 Å². The Balaban J connectivity index is 2.17. The van der Waals surface area contributed by atoms with Gasteiger partial charge in [-0.1, -0.05) is 27.7 Å². The highest BCUT2D eigenvalue weighted by Crippen LogP contribution is 2.35. The Bertz CT molecular complexity index is 128. The van der Waals surface area contributed by atoms with Gasteiger partial charge in [0.1, 0.15) is 0 Å². The third-order valence-electron chi connectivity index (χ3n) is 2.50. The van der Waals surface area contributed by atoms with Crippen LogP contribution in [0.1, 0.15) is 40.5 Å². The predicted molar refractivity (Wildman–Crippen MR) is 71.4 cm³/mol. The summed E-state index contributed by atoms with van der Waals surface area (Å²) in [5.41, 5.74) is 0. The summed E-state index contributed by atoms with van der Waals surface area (Å²) in [5.74, 6) is 4.52. The molecule has 2 atom stereocenters. The zero-order chi connectivity index (χ0) is 10.6. The van der Waals surface area contributed by atoms with Gasteiger partial charge in [-0.15, -0.1) is 0 Å². The van der Waals surface area contributed by atoms with E-state index in [-0.39, 0.29) is 0 Å². The first-order valence-corrected chi connectivity index (χ1v) is 7.91. The average molecular weight is 232 g/mol. The minimum Gasteiger partial charge on any atom is -0.157 e. The van der Waals surface area contributed by atoms with Crippen LogP contribution in [-0.2, 0) is 0 Å². The van der Waals surface area contributed by atoms with E-state index in [1.807, 2.05) is 0 Å². The second kappa shape index (κ2) is 6.32. The second-order valence-corrected chi connectivity index (χ2v) is 7.84. The van der Waals surface area contributed by atoms with Crippen LogP contribution in [0.3, 0.4) is 0 Å². The molecule has 1 fully saturated rings. The molecule has 0 spiro atoms. The zero-order valence-electron chi connectivity index (χ0n) is 9.95. The molecular weight excluding hydrogens is 208 g/mol. The van der Waals surface area contributed by atoms with Crippen LogP contribution in [0.4, 0.5) is 0 Å². The van der Waals surface area contributed by atoms with Crippen molar-refractivity contribution in [2.75, 3.05) is 11.5 Å². The molecule has 1 aliphatic heterocycles. The van der Waals surface area contributed by atoms with Gasteiger partial charge in [0.25, 0.3) is 0 Å². The van der Waals surface area contributed by atoms with E-state index in [1.54, 1.807) is 0 Å². The molecule has 0 N–H and O–H groups in total. The van der Waals surface area contributed by atoms with Crippen LogP contribution in [0.15, 0.2) is 0 Å². The van der Waals surface area contributed by atoms with Gasteiger partial charge in [0, 0.05) is 22.0 Å². The van der Waals surface area contributed by atoms with Gasteiger partial charge in [0.05, 0.1) is 0 Å². The topological polar surface area (TPSA) is 0 Å². The van der Waals surface area contributed by atoms with Crippen LogP contribution in [0, 0.1) is 11.8 Å². The van der Waals surface area contributed by atoms with Gasteiger partial charge < -0.3 is 0 Å². The Hall–Kier alpha value is 0.700. The highest BCUT2D eigenvalue weighted by molar-refractivity contribution is 8.07. The minimum absolute atomic E-state index is 0.870. The molecule has 1 rings (SSSR count). The lowest BCUT2D eigenvalue weighted by atomic mass is 10.1. The number of thioether (sulfide) groups is 2. The summed E-state index contributed by atoms with van der Waals surface area (Å²) in [7, 11) is 0. The number of rotatable bonds is 4. The van der Waals surface area contributed by atoms with Crippen molar-refractivity contribution in [3.63, 3.8) is 0 Å². The van der Waals surface area contributed by atoms with Crippen LogP contribution >= 0.6 is 23.5 Å². The lowest BCUT2D eigenvalue weighted by Gasteiger charge is -2.29. The quantitative estimate of drug-likeness (QED) is 0.709. The van der Waals surface area contributed by atoms with Crippen LogP contribution in [0.25, 0.3) is 0 Å². The Kier molecular flexibility index (Phi) is 5.76. The van der Waals surface area contributed by atoms with Crippen LogP contribution in [-0.4, -0.2) is 22.0 Å². The van der Waals surface area contributed by atoms with E-state index in [4.69, 9.17) is 0 Å². The maximum Gasteiger partial charge on any atom is 0.0141 e. The predicted octanol–water partition coefficient (Wildman–Crippen LogP) is 4.30. The molecule has 0 aromatic heterocycles. The van der Waals surface area contributed by atoms with Crippen molar-refractivity contribution in [2.24, 2.45) is 11.8 Å². The molecule has 0 aromatic rings. The first kappa shape index (κ1) is 12.8. The maximum atomic E-state index is 2.34. The summed E-state index contributed by atoms with van der Waals surface area (Å²) < 4.78 is 0. The molecule has 1 saturated heterocycles. The van der Waals surface area contributed by atoms with Gasteiger partial charge in [-0.2, -0.15) is 23.5 Å². The molecule has 2 heteroatoms. The third kappa shape index (κ3) is 4.97. The number of hydrogen-bond acceptors (Lipinski definition) is 2. The van der Waals surface area contributed by atoms with Crippen LogP contribution in [0.2, 0.25) is 0 Å². The first-order valence-electron chi connectivity index (χ1n) is 5.81. The van der Waals surface area contributed by atoms with Gasteiger partial charge in [-0.05, 0) is 24.7 Å². The summed E-state index contributed by atoms with van der Waals surface area (Å²) in [6.45, 7) is 9.35. The van der Waals surface area contributed by atoms with Gasteiger partial charge in [-0.3, -0.25) is 0 Å². The molecule has 14 heavy (non-hydrogen) atoms. The SMILES string of the molecule is CC(C)CC1CSC(CC(C)C)CS1. The third-order valence-corrected chi connectivity index (χ3v) is 5.78. The van der Waals surface area contributed by atoms with E-state index < -0.39 is 0 Å². The van der Waals surface area contributed by atoms with E-state index in [0.29, 0.717) is 0 Å². The molecule has 0 nitrogen and oxygen atoms in total. The van der Waals surface area contributed by atoms with E-state index in [9.17, 15) is 0 Å². The molecular formula is C12H24S2. The Morgan fingerprint density at radius 2 is 1.21 bits per heavy atom. The standard InChI is InChI=1S/C12H24S2/c1-9(2)5-11-7-14-12(8-13-11)6-10(3)4/h9-12H,5-8H2,1-4H3. The molecule has 84 valence electrons. The lowest BCUT2D eigenvalue weighted by Crippen LogP contribution is -2.23. The molecule has 0 bridgehead atoms. The van der Waals surface area contributed by atoms with Gasteiger partial charge >= 0.3 is 0 Å². The summed E-state index contributed by atoms with van der Waals surface area (Å²) in [5, 5.41) is 1.87. The molecule has 0 radical (unpaired) electrons. The number of hydrogen-bond donors (Lipinski definition) is 0. The van der Waals surface area contributed by atoms with Crippen molar-refractivity contribution in [1.29, 1.82) is 0 Å². The van der Waals surface area contributed by atoms with Crippen LogP contribution in [0.5, 0.6) is 0 Å². The Morgan fingerprint density at radius 3 is 1.43 bits per heavy atom. The van der Waals surface area contributed by atoms with E-state index in [1.165, 1.54) is 24.3 Å². The normalized spacial score (nSPS) is 28.7. The fraction of sp³-hybridized carbons (Fsp3) is 1.00. The fourth-order valence-corrected chi connectivity index (χ4v) is 5.44. The van der Waals surface area contributed by atoms with E-state index in [2.05, 4.69) is 51.2 Å². The summed E-state index contributed by atoms with van der Waals surface area (Å²) in [4.78, 5) is 0. The van der Waals surface area contributed by atoms with Gasteiger partial charge in [0.15, 0.2) is 0 Å². The van der Waals surface area contributed by atoms with Crippen molar-refractivity contribution in [3.05, 3.63) is 0 Å². The second-order valence-electron chi connectivity index (χ2n) is 5.17. The van der Waals surface area contributed by atoms with Crippen molar-refractivity contribution in [2.45, 2.75) is 51.0 Å². The molecule has 0 amide bonds. The highest BCUT2D eigenvalue weighted by atomic mass is 32.2. The van der Waals surface area contributed by atoms with Gasteiger partial charge in [0.2, 0.25) is 0 Å². The molecule has 0 aliphatic carbocycles. The van der Waals surface area contributed by atoms with Crippen molar-refractivity contribution >= 4 is 23.5 Å². The largest absolute Gasteiger partial charge is 0.157 e. The molecule has 0 aromatic carbocycles. The fourth-order valence-electron chi connectivity index (χ4n) is 1.91. The van der Waals surface area contributed by atoms with Crippen molar-refractivity contribution < 1.29 is 0 Å². The van der Waals surface area contributed by atoms with Crippen LogP contribution < -0.4 is 0 Å². The maximum absolute atomic E-state index is 2.34. The highest BCUT2D eigenvalue weighted by Gasteiger charge is 2.22. The Labute approximate surface area is 98.0 Å². The minimum atomic E-state index is 0.870. The molecule has 0 saturated carbocycles. The molecule has 1 heterocycles. The first-order chi connectivity index (χ1) is 6.58. The average Bonchev–Trinajstić information content (AvgIpc) is 2.06. The van der Waals surface area contributed by atoms with E-state index >= 15 is 0 Å². The smallest absolute Gasteiger partial charge is 0.0141 e. The molecule has 2 unspecified atom stereocenters. The zero-order valence-corrected chi connectivity index (χ0v) is 11.6. The monoisotopic (exact) mass is 232 g/mol. The summed E-state index contributed by atoms with van der Waals surface area (Å²) >= 11 is 4.44. The lowest BCUT2D eigenvalue weighted by molar-refractivity contribution is 0.571. The molecule has 1 aliphatic rings.